The van der Waals surface area contributed by atoms with Gasteiger partial charge in [-0.05, 0) is 52.3 Å². The fraction of sp³-hybridized carbons (Fsp3) is 0. The van der Waals surface area contributed by atoms with Crippen LogP contribution < -0.4 is 5.32 Å². The number of hydrogen-bond acceptors (Lipinski definition) is 2. The third-order valence-electron chi connectivity index (χ3n) is 2.64. The average Bonchev–Trinajstić information content (AvgIpc) is 2.41. The van der Waals surface area contributed by atoms with E-state index in [2.05, 4.69) is 21.2 Å². The second-order valence-corrected chi connectivity index (χ2v) is 4.94. The minimum atomic E-state index is -1.40. The molecule has 2 rings (SSSR count). The third-order valence-corrected chi connectivity index (χ3v) is 3.28. The summed E-state index contributed by atoms with van der Waals surface area (Å²) >= 11 is 2.96. The van der Waals surface area contributed by atoms with E-state index in [0.29, 0.717) is 0 Å². The van der Waals surface area contributed by atoms with Gasteiger partial charge in [0.2, 0.25) is 0 Å². The predicted molar refractivity (Wildman–Crippen MR) is 75.4 cm³/mol. The molecule has 0 atom stereocenters. The molecule has 0 fully saturated rings. The summed E-state index contributed by atoms with van der Waals surface area (Å²) in [5.41, 5.74) is -0.369. The van der Waals surface area contributed by atoms with Crippen molar-refractivity contribution >= 4 is 33.5 Å². The quantitative estimate of drug-likeness (QED) is 0.882. The summed E-state index contributed by atoms with van der Waals surface area (Å²) < 4.78 is 27.0. The summed E-state index contributed by atoms with van der Waals surface area (Å²) in [4.78, 5) is 22.5. The Morgan fingerprint density at radius 2 is 1.76 bits per heavy atom. The van der Waals surface area contributed by atoms with E-state index in [1.165, 1.54) is 18.2 Å². The topological polar surface area (TPSA) is 66.4 Å². The van der Waals surface area contributed by atoms with Gasteiger partial charge in [-0.3, -0.25) is 4.79 Å². The molecular weight excluding hydrogens is 348 g/mol. The van der Waals surface area contributed by atoms with Gasteiger partial charge >= 0.3 is 5.97 Å². The number of anilines is 1. The van der Waals surface area contributed by atoms with Gasteiger partial charge in [0.15, 0.2) is 0 Å². The Balaban J connectivity index is 2.21. The van der Waals surface area contributed by atoms with E-state index in [-0.39, 0.29) is 15.7 Å². The number of carbonyl (C=O) groups is 2. The van der Waals surface area contributed by atoms with E-state index in [4.69, 9.17) is 5.11 Å². The monoisotopic (exact) mass is 355 g/mol. The van der Waals surface area contributed by atoms with Crippen molar-refractivity contribution in [1.29, 1.82) is 0 Å². The summed E-state index contributed by atoms with van der Waals surface area (Å²) in [6.45, 7) is 0. The van der Waals surface area contributed by atoms with E-state index >= 15 is 0 Å². The van der Waals surface area contributed by atoms with Gasteiger partial charge < -0.3 is 10.4 Å². The second-order valence-electron chi connectivity index (χ2n) is 4.08. The highest BCUT2D eigenvalue weighted by atomic mass is 79.9. The Kier molecular flexibility index (Phi) is 4.32. The molecule has 108 valence electrons. The van der Waals surface area contributed by atoms with E-state index in [9.17, 15) is 18.4 Å². The predicted octanol–water partition coefficient (Wildman–Crippen LogP) is 3.68. The van der Waals surface area contributed by atoms with Crippen molar-refractivity contribution in [3.05, 3.63) is 63.6 Å². The number of halogens is 3. The normalized spacial score (nSPS) is 10.2. The number of rotatable bonds is 3. The Morgan fingerprint density at radius 3 is 2.33 bits per heavy atom. The maximum Gasteiger partial charge on any atom is 0.338 e. The SMILES string of the molecule is O=C(Nc1ccc(C(=O)O)c(F)c1)c1ccc(Br)c(F)c1. The fourth-order valence-electron chi connectivity index (χ4n) is 1.61. The first kappa shape index (κ1) is 15.1. The number of carboxylic acids is 1. The molecule has 2 aromatic rings. The van der Waals surface area contributed by atoms with Crippen LogP contribution in [-0.2, 0) is 0 Å². The van der Waals surface area contributed by atoms with Crippen molar-refractivity contribution in [1.82, 2.24) is 0 Å². The van der Waals surface area contributed by atoms with Crippen LogP contribution in [0.4, 0.5) is 14.5 Å². The number of carbonyl (C=O) groups excluding carboxylic acids is 1. The molecule has 0 aliphatic rings. The Labute approximate surface area is 126 Å². The van der Waals surface area contributed by atoms with Crippen molar-refractivity contribution in [3.8, 4) is 0 Å². The molecule has 1 amide bonds. The Bertz CT molecular complexity index is 734. The minimum absolute atomic E-state index is 0.0541. The van der Waals surface area contributed by atoms with Crippen molar-refractivity contribution in [2.45, 2.75) is 0 Å². The first-order chi connectivity index (χ1) is 9.88. The van der Waals surface area contributed by atoms with Gasteiger partial charge in [0, 0.05) is 11.3 Å². The molecule has 0 spiro atoms. The lowest BCUT2D eigenvalue weighted by atomic mass is 10.1. The molecule has 0 heterocycles. The zero-order valence-electron chi connectivity index (χ0n) is 10.4. The van der Waals surface area contributed by atoms with Crippen LogP contribution in [0.5, 0.6) is 0 Å². The summed E-state index contributed by atoms with van der Waals surface area (Å²) in [5.74, 6) is -3.61. The van der Waals surface area contributed by atoms with Crippen LogP contribution in [0.2, 0.25) is 0 Å². The molecule has 0 saturated heterocycles. The van der Waals surface area contributed by atoms with E-state index in [0.717, 1.165) is 18.2 Å². The third kappa shape index (κ3) is 3.43. The van der Waals surface area contributed by atoms with Crippen molar-refractivity contribution < 1.29 is 23.5 Å². The molecule has 0 unspecified atom stereocenters. The number of amides is 1. The van der Waals surface area contributed by atoms with Crippen molar-refractivity contribution in [2.75, 3.05) is 5.32 Å². The van der Waals surface area contributed by atoms with Crippen LogP contribution >= 0.6 is 15.9 Å². The molecule has 0 bridgehead atoms. The van der Waals surface area contributed by atoms with E-state index in [1.807, 2.05) is 0 Å². The second kappa shape index (κ2) is 6.01. The largest absolute Gasteiger partial charge is 0.478 e. The summed E-state index contributed by atoms with van der Waals surface area (Å²) in [6, 6.07) is 6.97. The lowest BCUT2D eigenvalue weighted by molar-refractivity contribution is 0.0692. The Morgan fingerprint density at radius 1 is 1.05 bits per heavy atom. The maximum absolute atomic E-state index is 13.5. The van der Waals surface area contributed by atoms with Crippen LogP contribution in [0.15, 0.2) is 40.9 Å². The molecule has 0 saturated carbocycles. The molecule has 0 radical (unpaired) electrons. The number of aromatic carboxylic acids is 1. The number of nitrogens with one attached hydrogen (secondary N) is 1. The smallest absolute Gasteiger partial charge is 0.338 e. The first-order valence-electron chi connectivity index (χ1n) is 5.67. The van der Waals surface area contributed by atoms with Crippen molar-refractivity contribution in [3.63, 3.8) is 0 Å². The van der Waals surface area contributed by atoms with Gasteiger partial charge in [-0.25, -0.2) is 13.6 Å². The van der Waals surface area contributed by atoms with Crippen molar-refractivity contribution in [2.24, 2.45) is 0 Å². The molecular formula is C14H8BrF2NO3. The lowest BCUT2D eigenvalue weighted by Crippen LogP contribution is -2.13. The highest BCUT2D eigenvalue weighted by Gasteiger charge is 2.13. The molecule has 2 N–H and O–H groups in total. The number of carboxylic acid groups (broad SMARTS) is 1. The maximum atomic E-state index is 13.5. The Hall–Kier alpha value is -2.28. The van der Waals surface area contributed by atoms with E-state index < -0.39 is 29.1 Å². The minimum Gasteiger partial charge on any atom is -0.478 e. The van der Waals surface area contributed by atoms with Crippen LogP contribution in [0, 0.1) is 11.6 Å². The fourth-order valence-corrected chi connectivity index (χ4v) is 1.85. The molecule has 7 heteroatoms. The summed E-state index contributed by atoms with van der Waals surface area (Å²) in [6.07, 6.45) is 0. The van der Waals surface area contributed by atoms with Crippen LogP contribution in [0.25, 0.3) is 0 Å². The van der Waals surface area contributed by atoms with Gasteiger partial charge in [-0.1, -0.05) is 0 Å². The van der Waals surface area contributed by atoms with Gasteiger partial charge in [0.25, 0.3) is 5.91 Å². The lowest BCUT2D eigenvalue weighted by Gasteiger charge is -2.07. The van der Waals surface area contributed by atoms with Gasteiger partial charge in [-0.2, -0.15) is 0 Å². The van der Waals surface area contributed by atoms with Gasteiger partial charge in [-0.15, -0.1) is 0 Å². The van der Waals surface area contributed by atoms with Crippen LogP contribution in [-0.4, -0.2) is 17.0 Å². The van der Waals surface area contributed by atoms with Crippen LogP contribution in [0.3, 0.4) is 0 Å². The molecule has 0 aliphatic carbocycles. The molecule has 21 heavy (non-hydrogen) atoms. The zero-order chi connectivity index (χ0) is 15.6. The van der Waals surface area contributed by atoms with E-state index in [1.54, 1.807) is 0 Å². The summed E-state index contributed by atoms with van der Waals surface area (Å²) in [7, 11) is 0. The number of benzene rings is 2. The first-order valence-corrected chi connectivity index (χ1v) is 6.47. The standard InChI is InChI=1S/C14H8BrF2NO3/c15-10-4-1-7(5-12(10)17)13(19)18-8-2-3-9(14(20)21)11(16)6-8/h1-6H,(H,18,19)(H,20,21). The molecule has 0 aromatic heterocycles. The zero-order valence-corrected chi connectivity index (χ0v) is 11.9. The van der Waals surface area contributed by atoms with Crippen LogP contribution in [0.1, 0.15) is 20.7 Å². The van der Waals surface area contributed by atoms with Gasteiger partial charge in [0.1, 0.15) is 11.6 Å². The molecule has 0 aliphatic heterocycles. The highest BCUT2D eigenvalue weighted by Crippen LogP contribution is 2.19. The molecule has 2 aromatic carbocycles. The molecule has 4 nitrogen and oxygen atoms in total. The highest BCUT2D eigenvalue weighted by molar-refractivity contribution is 9.10. The summed E-state index contributed by atoms with van der Waals surface area (Å²) in [5, 5.41) is 11.1. The number of hydrogen-bond donors (Lipinski definition) is 2. The van der Waals surface area contributed by atoms with Gasteiger partial charge in [0.05, 0.1) is 10.0 Å². The average molecular weight is 356 g/mol.